The first-order chi connectivity index (χ1) is 13.0. The summed E-state index contributed by atoms with van der Waals surface area (Å²) >= 11 is 0. The van der Waals surface area contributed by atoms with E-state index in [4.69, 9.17) is 9.63 Å². The molecule has 0 aromatic heterocycles. The summed E-state index contributed by atoms with van der Waals surface area (Å²) in [7, 11) is -0.206. The third-order valence-corrected chi connectivity index (χ3v) is 5.12. The molecule has 0 aliphatic heterocycles. The number of hydrogen-bond acceptors (Lipinski definition) is 5. The zero-order valence-corrected chi connectivity index (χ0v) is 19.0. The van der Waals surface area contributed by atoms with Gasteiger partial charge in [0.15, 0.2) is 0 Å². The van der Waals surface area contributed by atoms with Gasteiger partial charge in [-0.15, -0.1) is 0 Å². The molecule has 0 aliphatic carbocycles. The van der Waals surface area contributed by atoms with Gasteiger partial charge >= 0.3 is 7.82 Å². The van der Waals surface area contributed by atoms with Gasteiger partial charge in [0.2, 0.25) is 0 Å². The van der Waals surface area contributed by atoms with Crippen LogP contribution in [0.25, 0.3) is 0 Å². The van der Waals surface area contributed by atoms with Crippen molar-refractivity contribution in [2.24, 2.45) is 0 Å². The van der Waals surface area contributed by atoms with Gasteiger partial charge in [-0.1, -0.05) is 90.4 Å². The SMILES string of the molecule is CCCCCCCCCCCCCCCCOP(=O)(O)OCCO.CNC. The van der Waals surface area contributed by atoms with Crippen molar-refractivity contribution >= 4 is 7.82 Å². The van der Waals surface area contributed by atoms with Crippen molar-refractivity contribution in [2.75, 3.05) is 33.9 Å². The van der Waals surface area contributed by atoms with Crippen LogP contribution in [0.5, 0.6) is 0 Å². The lowest BCUT2D eigenvalue weighted by Crippen LogP contribution is -2.01. The van der Waals surface area contributed by atoms with Crippen molar-refractivity contribution in [1.82, 2.24) is 5.32 Å². The Labute approximate surface area is 168 Å². The minimum absolute atomic E-state index is 0.174. The molecule has 166 valence electrons. The first kappa shape index (κ1) is 29.2. The summed E-state index contributed by atoms with van der Waals surface area (Å²) < 4.78 is 20.7. The second kappa shape index (κ2) is 24.1. The maximum atomic E-state index is 11.3. The van der Waals surface area contributed by atoms with Crippen LogP contribution in [0.3, 0.4) is 0 Å². The van der Waals surface area contributed by atoms with E-state index in [1.807, 2.05) is 14.1 Å². The van der Waals surface area contributed by atoms with E-state index in [0.29, 0.717) is 0 Å². The zero-order valence-electron chi connectivity index (χ0n) is 18.1. The number of hydrogen-bond donors (Lipinski definition) is 3. The molecule has 3 N–H and O–H groups in total. The van der Waals surface area contributed by atoms with E-state index in [1.54, 1.807) is 0 Å². The highest BCUT2D eigenvalue weighted by Crippen LogP contribution is 2.42. The molecule has 0 saturated carbocycles. The van der Waals surface area contributed by atoms with Crippen LogP contribution >= 0.6 is 7.82 Å². The fraction of sp³-hybridized carbons (Fsp3) is 1.00. The van der Waals surface area contributed by atoms with Crippen molar-refractivity contribution in [3.05, 3.63) is 0 Å². The number of unbranched alkanes of at least 4 members (excludes halogenated alkanes) is 13. The van der Waals surface area contributed by atoms with Crippen LogP contribution in [0, 0.1) is 0 Å². The molecule has 1 atom stereocenters. The van der Waals surface area contributed by atoms with E-state index >= 15 is 0 Å². The monoisotopic (exact) mass is 411 g/mol. The van der Waals surface area contributed by atoms with Crippen molar-refractivity contribution in [2.45, 2.75) is 96.8 Å². The summed E-state index contributed by atoms with van der Waals surface area (Å²) in [4.78, 5) is 9.25. The van der Waals surface area contributed by atoms with Crippen LogP contribution in [0.1, 0.15) is 96.8 Å². The van der Waals surface area contributed by atoms with Crippen LogP contribution in [0.15, 0.2) is 0 Å². The second-order valence-corrected chi connectivity index (χ2v) is 8.41. The smallest absolute Gasteiger partial charge is 0.394 e. The van der Waals surface area contributed by atoms with Gasteiger partial charge in [-0.2, -0.15) is 0 Å². The standard InChI is InChI=1S/C18H39O5P.C2H7N/c1-2-3-4-5-6-7-8-9-10-11-12-13-14-15-17-22-24(20,21)23-18-16-19;1-3-2/h19H,2-18H2,1H3,(H,20,21);3H,1-2H3. The minimum Gasteiger partial charge on any atom is -0.394 e. The Morgan fingerprint density at radius 1 is 0.704 bits per heavy atom. The largest absolute Gasteiger partial charge is 0.472 e. The summed E-state index contributed by atoms with van der Waals surface area (Å²) in [5, 5.41) is 11.3. The Bertz CT molecular complexity index is 319. The Kier molecular flexibility index (Phi) is 26.1. The normalized spacial score (nSPS) is 13.1. The van der Waals surface area contributed by atoms with Crippen LogP contribution in [0.4, 0.5) is 0 Å². The van der Waals surface area contributed by atoms with Crippen molar-refractivity contribution in [3.63, 3.8) is 0 Å². The lowest BCUT2D eigenvalue weighted by Gasteiger charge is -2.11. The predicted octanol–water partition coefficient (Wildman–Crippen LogP) is 5.43. The molecular weight excluding hydrogens is 365 g/mol. The molecule has 6 nitrogen and oxygen atoms in total. The van der Waals surface area contributed by atoms with Crippen molar-refractivity contribution in [3.8, 4) is 0 Å². The molecule has 0 radical (unpaired) electrons. The molecule has 0 aromatic carbocycles. The van der Waals surface area contributed by atoms with Gasteiger partial charge in [-0.05, 0) is 20.5 Å². The Hall–Kier alpha value is 0.0300. The van der Waals surface area contributed by atoms with Gasteiger partial charge in [0.1, 0.15) is 0 Å². The molecule has 27 heavy (non-hydrogen) atoms. The van der Waals surface area contributed by atoms with Gasteiger partial charge < -0.3 is 15.3 Å². The molecule has 0 heterocycles. The predicted molar refractivity (Wildman–Crippen MR) is 114 cm³/mol. The molecule has 0 fully saturated rings. The summed E-state index contributed by atoms with van der Waals surface area (Å²) in [6.07, 6.45) is 17.8. The Morgan fingerprint density at radius 3 is 1.41 bits per heavy atom. The Morgan fingerprint density at radius 2 is 1.04 bits per heavy atom. The first-order valence-electron chi connectivity index (χ1n) is 10.8. The number of rotatable bonds is 19. The fourth-order valence-corrected chi connectivity index (χ4v) is 3.42. The molecule has 0 amide bonds. The number of aliphatic hydroxyl groups excluding tert-OH is 1. The van der Waals surface area contributed by atoms with Crippen LogP contribution in [-0.2, 0) is 13.6 Å². The Balaban J connectivity index is 0. The van der Waals surface area contributed by atoms with Crippen molar-refractivity contribution < 1.29 is 23.6 Å². The van der Waals surface area contributed by atoms with Gasteiger partial charge in [-0.3, -0.25) is 9.05 Å². The molecule has 0 bridgehead atoms. The molecule has 0 saturated heterocycles. The quantitative estimate of drug-likeness (QED) is 0.194. The summed E-state index contributed by atoms with van der Waals surface area (Å²) in [6, 6.07) is 0. The lowest BCUT2D eigenvalue weighted by atomic mass is 10.0. The first-order valence-corrected chi connectivity index (χ1v) is 12.3. The van der Waals surface area contributed by atoms with Gasteiger partial charge in [0.25, 0.3) is 0 Å². The second-order valence-electron chi connectivity index (χ2n) is 6.95. The average molecular weight is 412 g/mol. The fourth-order valence-electron chi connectivity index (χ4n) is 2.67. The van der Waals surface area contributed by atoms with Crippen LogP contribution < -0.4 is 5.32 Å². The molecule has 1 unspecified atom stereocenters. The summed E-state index contributed by atoms with van der Waals surface area (Å²) in [5.41, 5.74) is 0. The third-order valence-electron chi connectivity index (χ3n) is 4.10. The lowest BCUT2D eigenvalue weighted by molar-refractivity contribution is 0.122. The molecule has 0 aromatic rings. The van der Waals surface area contributed by atoms with Gasteiger partial charge in [0, 0.05) is 0 Å². The molecule has 0 spiro atoms. The van der Waals surface area contributed by atoms with E-state index in [9.17, 15) is 9.46 Å². The number of aliphatic hydroxyl groups is 1. The van der Waals surface area contributed by atoms with Crippen molar-refractivity contribution in [1.29, 1.82) is 0 Å². The van der Waals surface area contributed by atoms with Crippen LogP contribution in [-0.4, -0.2) is 43.9 Å². The van der Waals surface area contributed by atoms with Crippen LogP contribution in [0.2, 0.25) is 0 Å². The molecule has 0 rings (SSSR count). The highest BCUT2D eigenvalue weighted by Gasteiger charge is 2.19. The van der Waals surface area contributed by atoms with Gasteiger partial charge in [0.05, 0.1) is 19.8 Å². The number of phosphoric ester groups is 1. The van der Waals surface area contributed by atoms with E-state index < -0.39 is 7.82 Å². The minimum atomic E-state index is -3.96. The van der Waals surface area contributed by atoms with E-state index in [-0.39, 0.29) is 19.8 Å². The van der Waals surface area contributed by atoms with E-state index in [1.165, 1.54) is 70.6 Å². The summed E-state index contributed by atoms with van der Waals surface area (Å²) in [6.45, 7) is 2.03. The number of phosphoric acid groups is 1. The van der Waals surface area contributed by atoms with E-state index in [0.717, 1.165) is 19.3 Å². The topological polar surface area (TPSA) is 88.0 Å². The van der Waals surface area contributed by atoms with Gasteiger partial charge in [-0.25, -0.2) is 4.57 Å². The summed E-state index contributed by atoms with van der Waals surface area (Å²) in [5.74, 6) is 0. The highest BCUT2D eigenvalue weighted by molar-refractivity contribution is 7.47. The molecule has 0 aliphatic rings. The third kappa shape index (κ3) is 28.3. The maximum Gasteiger partial charge on any atom is 0.472 e. The molecular formula is C20H46NO5P. The zero-order chi connectivity index (χ0) is 20.6. The van der Waals surface area contributed by atoms with E-state index in [2.05, 4.69) is 16.8 Å². The molecule has 7 heteroatoms. The maximum absolute atomic E-state index is 11.3. The number of nitrogens with one attached hydrogen (secondary N) is 1. The average Bonchev–Trinajstić information content (AvgIpc) is 2.64. The highest BCUT2D eigenvalue weighted by atomic mass is 31.2.